The predicted octanol–water partition coefficient (Wildman–Crippen LogP) is 1.33. The minimum absolute atomic E-state index is 0.0816. The molecule has 1 saturated heterocycles. The molecule has 0 saturated carbocycles. The van der Waals surface area contributed by atoms with E-state index in [0.29, 0.717) is 30.3 Å². The third kappa shape index (κ3) is 2.75. The number of rotatable bonds is 3. The van der Waals surface area contributed by atoms with Crippen LogP contribution in [0, 0.1) is 0 Å². The van der Waals surface area contributed by atoms with Crippen LogP contribution in [-0.4, -0.2) is 46.9 Å². The second kappa shape index (κ2) is 5.56. The van der Waals surface area contributed by atoms with E-state index >= 15 is 0 Å². The molecule has 5 nitrogen and oxygen atoms in total. The number of phenols is 1. The zero-order valence-corrected chi connectivity index (χ0v) is 10.4. The summed E-state index contributed by atoms with van der Waals surface area (Å²) in [5, 5.41) is 19.3. The Labute approximate surface area is 110 Å². The van der Waals surface area contributed by atoms with Crippen molar-refractivity contribution in [1.82, 2.24) is 4.90 Å². The number of morpholine rings is 1. The summed E-state index contributed by atoms with van der Waals surface area (Å²) in [6.45, 7) is 1.43. The molecule has 1 atom stereocenters. The SMILES string of the molecule is O=C(O)C1COCCN1Cc1c(O)cccc1Cl. The first-order chi connectivity index (χ1) is 8.59. The average molecular weight is 272 g/mol. The predicted molar refractivity (Wildman–Crippen MR) is 65.8 cm³/mol. The zero-order chi connectivity index (χ0) is 13.1. The summed E-state index contributed by atoms with van der Waals surface area (Å²) in [5.74, 6) is -0.848. The van der Waals surface area contributed by atoms with Crippen LogP contribution in [-0.2, 0) is 16.1 Å². The molecule has 1 heterocycles. The number of benzene rings is 1. The fourth-order valence-corrected chi connectivity index (χ4v) is 2.19. The van der Waals surface area contributed by atoms with Gasteiger partial charge in [0.2, 0.25) is 0 Å². The highest BCUT2D eigenvalue weighted by Gasteiger charge is 2.30. The summed E-state index contributed by atoms with van der Waals surface area (Å²) in [7, 11) is 0. The largest absolute Gasteiger partial charge is 0.508 e. The van der Waals surface area contributed by atoms with Crippen molar-refractivity contribution >= 4 is 17.6 Å². The Morgan fingerprint density at radius 3 is 3.00 bits per heavy atom. The fraction of sp³-hybridized carbons (Fsp3) is 0.417. The Bertz CT molecular complexity index is 431. The van der Waals surface area contributed by atoms with Crippen molar-refractivity contribution < 1.29 is 19.7 Å². The van der Waals surface area contributed by atoms with Crippen LogP contribution >= 0.6 is 11.6 Å². The summed E-state index contributed by atoms with van der Waals surface area (Å²) >= 11 is 6.01. The molecule has 98 valence electrons. The zero-order valence-electron chi connectivity index (χ0n) is 9.67. The first kappa shape index (κ1) is 13.1. The molecule has 0 bridgehead atoms. The Balaban J connectivity index is 2.18. The highest BCUT2D eigenvalue weighted by molar-refractivity contribution is 6.31. The smallest absolute Gasteiger partial charge is 0.323 e. The molecule has 2 rings (SSSR count). The van der Waals surface area contributed by atoms with E-state index in [4.69, 9.17) is 21.4 Å². The third-order valence-electron chi connectivity index (χ3n) is 2.98. The third-order valence-corrected chi connectivity index (χ3v) is 3.33. The maximum absolute atomic E-state index is 11.1. The van der Waals surface area contributed by atoms with Crippen LogP contribution in [0.3, 0.4) is 0 Å². The van der Waals surface area contributed by atoms with E-state index in [1.165, 1.54) is 6.07 Å². The van der Waals surface area contributed by atoms with Crippen molar-refractivity contribution in [2.75, 3.05) is 19.8 Å². The topological polar surface area (TPSA) is 70.0 Å². The van der Waals surface area contributed by atoms with E-state index < -0.39 is 12.0 Å². The maximum Gasteiger partial charge on any atom is 0.323 e. The Morgan fingerprint density at radius 1 is 1.56 bits per heavy atom. The minimum Gasteiger partial charge on any atom is -0.508 e. The van der Waals surface area contributed by atoms with Gasteiger partial charge in [0.25, 0.3) is 0 Å². The number of halogens is 1. The lowest BCUT2D eigenvalue weighted by Crippen LogP contribution is -2.49. The van der Waals surface area contributed by atoms with Crippen LogP contribution in [0.4, 0.5) is 0 Å². The maximum atomic E-state index is 11.1. The highest BCUT2D eigenvalue weighted by atomic mass is 35.5. The molecule has 0 spiro atoms. The summed E-state index contributed by atoms with van der Waals surface area (Å²) < 4.78 is 5.15. The van der Waals surface area contributed by atoms with E-state index in [2.05, 4.69) is 0 Å². The Hall–Kier alpha value is -1.30. The van der Waals surface area contributed by atoms with E-state index in [9.17, 15) is 9.90 Å². The second-order valence-corrected chi connectivity index (χ2v) is 4.54. The molecule has 2 N–H and O–H groups in total. The Morgan fingerprint density at radius 2 is 2.33 bits per heavy atom. The average Bonchev–Trinajstić information content (AvgIpc) is 2.34. The quantitative estimate of drug-likeness (QED) is 0.868. The van der Waals surface area contributed by atoms with Crippen molar-refractivity contribution in [3.63, 3.8) is 0 Å². The molecule has 6 heteroatoms. The first-order valence-corrected chi connectivity index (χ1v) is 5.98. The second-order valence-electron chi connectivity index (χ2n) is 4.14. The number of phenolic OH excluding ortho intramolecular Hbond substituents is 1. The number of hydrogen-bond acceptors (Lipinski definition) is 4. The van der Waals surface area contributed by atoms with Gasteiger partial charge in [0.05, 0.1) is 13.2 Å². The molecule has 1 aliphatic heterocycles. The molecule has 0 aliphatic carbocycles. The fourth-order valence-electron chi connectivity index (χ4n) is 1.96. The van der Waals surface area contributed by atoms with Gasteiger partial charge < -0.3 is 14.9 Å². The van der Waals surface area contributed by atoms with Gasteiger partial charge in [-0.05, 0) is 12.1 Å². The van der Waals surface area contributed by atoms with E-state index in [-0.39, 0.29) is 12.4 Å². The summed E-state index contributed by atoms with van der Waals surface area (Å²) in [6.07, 6.45) is 0. The number of hydrogen-bond donors (Lipinski definition) is 2. The molecule has 1 fully saturated rings. The summed E-state index contributed by atoms with van der Waals surface area (Å²) in [6, 6.07) is 4.16. The number of aromatic hydroxyl groups is 1. The van der Waals surface area contributed by atoms with Gasteiger partial charge >= 0.3 is 5.97 Å². The molecular formula is C12H14ClNO4. The van der Waals surface area contributed by atoms with Gasteiger partial charge in [-0.15, -0.1) is 0 Å². The van der Waals surface area contributed by atoms with Crippen LogP contribution in [0.15, 0.2) is 18.2 Å². The van der Waals surface area contributed by atoms with Gasteiger partial charge in [0, 0.05) is 23.7 Å². The molecule has 1 unspecified atom stereocenters. The molecule has 1 aromatic carbocycles. The molecule has 0 radical (unpaired) electrons. The Kier molecular flexibility index (Phi) is 4.06. The van der Waals surface area contributed by atoms with Crippen molar-refractivity contribution in [3.05, 3.63) is 28.8 Å². The summed E-state index contributed by atoms with van der Waals surface area (Å²) in [4.78, 5) is 12.9. The molecule has 0 amide bonds. The van der Waals surface area contributed by atoms with Crippen LogP contribution in [0.1, 0.15) is 5.56 Å². The van der Waals surface area contributed by atoms with Crippen molar-refractivity contribution in [3.8, 4) is 5.75 Å². The van der Waals surface area contributed by atoms with Gasteiger partial charge in [0.15, 0.2) is 0 Å². The van der Waals surface area contributed by atoms with Crippen LogP contribution < -0.4 is 0 Å². The molecule has 1 aliphatic rings. The van der Waals surface area contributed by atoms with Gasteiger partial charge in [-0.3, -0.25) is 9.69 Å². The first-order valence-electron chi connectivity index (χ1n) is 5.60. The van der Waals surface area contributed by atoms with Gasteiger partial charge in [-0.1, -0.05) is 17.7 Å². The number of nitrogens with zero attached hydrogens (tertiary/aromatic N) is 1. The van der Waals surface area contributed by atoms with Crippen LogP contribution in [0.5, 0.6) is 5.75 Å². The molecular weight excluding hydrogens is 258 g/mol. The van der Waals surface area contributed by atoms with Crippen molar-refractivity contribution in [2.24, 2.45) is 0 Å². The normalized spacial score (nSPS) is 20.8. The number of carboxylic acid groups (broad SMARTS) is 1. The molecule has 0 aromatic heterocycles. The lowest BCUT2D eigenvalue weighted by atomic mass is 10.1. The standard InChI is InChI=1S/C12H14ClNO4/c13-9-2-1-3-11(15)8(9)6-14-4-5-18-7-10(14)12(16)17/h1-3,10,15H,4-7H2,(H,16,17). The number of carbonyl (C=O) groups is 1. The highest BCUT2D eigenvalue weighted by Crippen LogP contribution is 2.27. The monoisotopic (exact) mass is 271 g/mol. The van der Waals surface area contributed by atoms with Gasteiger partial charge in [0.1, 0.15) is 11.8 Å². The lowest BCUT2D eigenvalue weighted by molar-refractivity contribution is -0.150. The van der Waals surface area contributed by atoms with E-state index in [0.717, 1.165) is 0 Å². The number of ether oxygens (including phenoxy) is 1. The van der Waals surface area contributed by atoms with Crippen LogP contribution in [0.25, 0.3) is 0 Å². The van der Waals surface area contributed by atoms with E-state index in [1.807, 2.05) is 0 Å². The van der Waals surface area contributed by atoms with Gasteiger partial charge in [-0.25, -0.2) is 0 Å². The lowest BCUT2D eigenvalue weighted by Gasteiger charge is -2.33. The minimum atomic E-state index is -0.929. The van der Waals surface area contributed by atoms with Crippen LogP contribution in [0.2, 0.25) is 5.02 Å². The number of carboxylic acids is 1. The van der Waals surface area contributed by atoms with Gasteiger partial charge in [-0.2, -0.15) is 0 Å². The number of aliphatic carboxylic acids is 1. The van der Waals surface area contributed by atoms with Crippen molar-refractivity contribution in [2.45, 2.75) is 12.6 Å². The molecule has 1 aromatic rings. The van der Waals surface area contributed by atoms with E-state index in [1.54, 1.807) is 17.0 Å². The summed E-state index contributed by atoms with van der Waals surface area (Å²) in [5.41, 5.74) is 0.548. The molecule has 18 heavy (non-hydrogen) atoms. The van der Waals surface area contributed by atoms with Crippen molar-refractivity contribution in [1.29, 1.82) is 0 Å².